The molecule has 1 saturated heterocycles. The topological polar surface area (TPSA) is 63.1 Å². The number of rotatable bonds is 6. The minimum absolute atomic E-state index is 0.0190. The molecule has 0 spiro atoms. The number of benzene rings is 2. The number of amides is 1. The standard InChI is InChI=1S/C20H21N5O/c26-19(18-11-12-24(18)13-16-7-3-1-4-8-16)22-20-23-21-15-25(20)14-17-9-5-2-6-10-17/h1-10,15,18H,11-14H2,(H,22,23,26). The SMILES string of the molecule is O=C(Nc1nncn1Cc1ccccc1)C1CCN1Cc1ccccc1. The third kappa shape index (κ3) is 3.65. The zero-order chi connectivity index (χ0) is 17.8. The van der Waals surface area contributed by atoms with Gasteiger partial charge in [-0.3, -0.25) is 19.6 Å². The van der Waals surface area contributed by atoms with Gasteiger partial charge in [0.05, 0.1) is 12.6 Å². The van der Waals surface area contributed by atoms with E-state index in [1.807, 2.05) is 53.1 Å². The van der Waals surface area contributed by atoms with E-state index in [0.717, 1.165) is 25.1 Å². The number of anilines is 1. The van der Waals surface area contributed by atoms with Gasteiger partial charge in [0.1, 0.15) is 6.33 Å². The number of carbonyl (C=O) groups excluding carboxylic acids is 1. The number of hydrogen-bond donors (Lipinski definition) is 1. The first-order valence-electron chi connectivity index (χ1n) is 8.80. The quantitative estimate of drug-likeness (QED) is 0.744. The summed E-state index contributed by atoms with van der Waals surface area (Å²) in [5.74, 6) is 0.472. The maximum atomic E-state index is 12.7. The summed E-state index contributed by atoms with van der Waals surface area (Å²) in [4.78, 5) is 14.8. The van der Waals surface area contributed by atoms with Crippen LogP contribution < -0.4 is 5.32 Å². The van der Waals surface area contributed by atoms with Crippen LogP contribution in [0.3, 0.4) is 0 Å². The van der Waals surface area contributed by atoms with Crippen molar-refractivity contribution in [1.29, 1.82) is 0 Å². The van der Waals surface area contributed by atoms with Crippen LogP contribution >= 0.6 is 0 Å². The van der Waals surface area contributed by atoms with E-state index in [2.05, 4.69) is 32.5 Å². The Bertz CT molecular complexity index is 862. The van der Waals surface area contributed by atoms with E-state index >= 15 is 0 Å². The Hall–Kier alpha value is -2.99. The predicted molar refractivity (Wildman–Crippen MR) is 99.5 cm³/mol. The van der Waals surface area contributed by atoms with E-state index in [1.54, 1.807) is 6.33 Å². The molecule has 6 nitrogen and oxygen atoms in total. The zero-order valence-corrected chi connectivity index (χ0v) is 14.5. The minimum Gasteiger partial charge on any atom is -0.295 e. The van der Waals surface area contributed by atoms with Crippen molar-refractivity contribution in [3.8, 4) is 0 Å². The van der Waals surface area contributed by atoms with Gasteiger partial charge in [0.2, 0.25) is 11.9 Å². The molecule has 2 heterocycles. The molecule has 1 amide bonds. The van der Waals surface area contributed by atoms with Crippen LogP contribution in [0.1, 0.15) is 17.5 Å². The molecule has 2 aromatic carbocycles. The molecule has 0 radical (unpaired) electrons. The third-order valence-corrected chi connectivity index (χ3v) is 4.71. The lowest BCUT2D eigenvalue weighted by molar-refractivity contribution is -0.125. The largest absolute Gasteiger partial charge is 0.295 e. The van der Waals surface area contributed by atoms with Gasteiger partial charge in [-0.25, -0.2) is 0 Å². The van der Waals surface area contributed by atoms with E-state index < -0.39 is 0 Å². The van der Waals surface area contributed by atoms with Crippen LogP contribution in [-0.2, 0) is 17.9 Å². The highest BCUT2D eigenvalue weighted by Gasteiger charge is 2.34. The highest BCUT2D eigenvalue weighted by Crippen LogP contribution is 2.22. The van der Waals surface area contributed by atoms with Crippen LogP contribution in [0.4, 0.5) is 5.95 Å². The van der Waals surface area contributed by atoms with Gasteiger partial charge in [-0.05, 0) is 17.5 Å². The third-order valence-electron chi connectivity index (χ3n) is 4.71. The Kier molecular flexibility index (Phi) is 4.75. The molecule has 1 aliphatic heterocycles. The van der Waals surface area contributed by atoms with E-state index in [0.29, 0.717) is 12.5 Å². The van der Waals surface area contributed by atoms with Crippen LogP contribution in [0.2, 0.25) is 0 Å². The van der Waals surface area contributed by atoms with Crippen LogP contribution in [-0.4, -0.2) is 38.2 Å². The molecule has 1 unspecified atom stereocenters. The number of likely N-dealkylation sites (tertiary alicyclic amines) is 1. The second-order valence-corrected chi connectivity index (χ2v) is 6.52. The first-order chi connectivity index (χ1) is 12.8. The number of aromatic nitrogens is 3. The number of hydrogen-bond acceptors (Lipinski definition) is 4. The molecule has 1 fully saturated rings. The van der Waals surface area contributed by atoms with Crippen molar-refractivity contribution in [3.63, 3.8) is 0 Å². The van der Waals surface area contributed by atoms with Gasteiger partial charge in [-0.15, -0.1) is 10.2 Å². The van der Waals surface area contributed by atoms with Crippen molar-refractivity contribution in [2.75, 3.05) is 11.9 Å². The van der Waals surface area contributed by atoms with E-state index in [-0.39, 0.29) is 11.9 Å². The van der Waals surface area contributed by atoms with Crippen LogP contribution in [0.5, 0.6) is 0 Å². The molecule has 1 aliphatic rings. The Morgan fingerprint density at radius 3 is 2.27 bits per heavy atom. The van der Waals surface area contributed by atoms with Gasteiger partial charge in [-0.2, -0.15) is 0 Å². The Labute approximate surface area is 152 Å². The normalized spacial score (nSPS) is 16.8. The van der Waals surface area contributed by atoms with Crippen molar-refractivity contribution >= 4 is 11.9 Å². The lowest BCUT2D eigenvalue weighted by Crippen LogP contribution is -2.53. The molecule has 1 N–H and O–H groups in total. The smallest absolute Gasteiger partial charge is 0.244 e. The lowest BCUT2D eigenvalue weighted by Gasteiger charge is -2.39. The number of carbonyl (C=O) groups is 1. The number of nitrogens with zero attached hydrogens (tertiary/aromatic N) is 4. The van der Waals surface area contributed by atoms with Gasteiger partial charge in [0, 0.05) is 13.1 Å². The van der Waals surface area contributed by atoms with Crippen molar-refractivity contribution in [2.45, 2.75) is 25.6 Å². The molecular formula is C20H21N5O. The molecule has 0 bridgehead atoms. The van der Waals surface area contributed by atoms with Crippen LogP contribution in [0.15, 0.2) is 67.0 Å². The summed E-state index contributed by atoms with van der Waals surface area (Å²) in [7, 11) is 0. The fourth-order valence-electron chi connectivity index (χ4n) is 3.19. The summed E-state index contributed by atoms with van der Waals surface area (Å²) >= 11 is 0. The molecule has 132 valence electrons. The van der Waals surface area contributed by atoms with Gasteiger partial charge in [0.15, 0.2) is 0 Å². The Balaban J connectivity index is 1.39. The average molecular weight is 347 g/mol. The predicted octanol–water partition coefficient (Wildman–Crippen LogP) is 2.54. The molecule has 0 saturated carbocycles. The highest BCUT2D eigenvalue weighted by atomic mass is 16.2. The van der Waals surface area contributed by atoms with Crippen molar-refractivity contribution in [3.05, 3.63) is 78.1 Å². The van der Waals surface area contributed by atoms with Gasteiger partial charge in [0.25, 0.3) is 0 Å². The van der Waals surface area contributed by atoms with Gasteiger partial charge in [-0.1, -0.05) is 60.7 Å². The monoisotopic (exact) mass is 347 g/mol. The molecule has 3 aromatic rings. The highest BCUT2D eigenvalue weighted by molar-refractivity contribution is 5.94. The van der Waals surface area contributed by atoms with Crippen molar-refractivity contribution < 1.29 is 4.79 Å². The first-order valence-corrected chi connectivity index (χ1v) is 8.80. The summed E-state index contributed by atoms with van der Waals surface area (Å²) in [6.45, 7) is 2.35. The summed E-state index contributed by atoms with van der Waals surface area (Å²) < 4.78 is 1.85. The van der Waals surface area contributed by atoms with E-state index in [9.17, 15) is 4.79 Å². The minimum atomic E-state index is -0.114. The zero-order valence-electron chi connectivity index (χ0n) is 14.5. The molecule has 0 aliphatic carbocycles. The molecule has 1 aromatic heterocycles. The fraction of sp³-hybridized carbons (Fsp3) is 0.250. The number of nitrogens with one attached hydrogen (secondary N) is 1. The second kappa shape index (κ2) is 7.49. The maximum Gasteiger partial charge on any atom is 0.244 e. The molecular weight excluding hydrogens is 326 g/mol. The maximum absolute atomic E-state index is 12.7. The first kappa shape index (κ1) is 16.5. The lowest BCUT2D eigenvalue weighted by atomic mass is 10.0. The van der Waals surface area contributed by atoms with Gasteiger partial charge < -0.3 is 0 Å². The Morgan fingerprint density at radius 1 is 1.00 bits per heavy atom. The van der Waals surface area contributed by atoms with Crippen LogP contribution in [0.25, 0.3) is 0 Å². The molecule has 4 rings (SSSR count). The molecule has 26 heavy (non-hydrogen) atoms. The Morgan fingerprint density at radius 2 is 1.65 bits per heavy atom. The average Bonchev–Trinajstić information content (AvgIpc) is 3.07. The summed E-state index contributed by atoms with van der Waals surface area (Å²) in [6, 6.07) is 20.2. The van der Waals surface area contributed by atoms with E-state index in [1.165, 1.54) is 5.56 Å². The summed E-state index contributed by atoms with van der Waals surface area (Å²) in [5, 5.41) is 10.9. The second-order valence-electron chi connectivity index (χ2n) is 6.52. The van der Waals surface area contributed by atoms with E-state index in [4.69, 9.17) is 0 Å². The molecule has 6 heteroatoms. The van der Waals surface area contributed by atoms with Crippen LogP contribution in [0, 0.1) is 0 Å². The van der Waals surface area contributed by atoms with Crippen molar-refractivity contribution in [2.24, 2.45) is 0 Å². The van der Waals surface area contributed by atoms with Gasteiger partial charge >= 0.3 is 0 Å². The van der Waals surface area contributed by atoms with Crippen molar-refractivity contribution in [1.82, 2.24) is 19.7 Å². The summed E-state index contributed by atoms with van der Waals surface area (Å²) in [6.07, 6.45) is 2.51. The summed E-state index contributed by atoms with van der Waals surface area (Å²) in [5.41, 5.74) is 2.36. The fourth-order valence-corrected chi connectivity index (χ4v) is 3.19. The molecule has 1 atom stereocenters.